The van der Waals surface area contributed by atoms with E-state index in [1.165, 1.54) is 7.11 Å². The lowest BCUT2D eigenvalue weighted by atomic mass is 9.99. The molecule has 94 valence electrons. The lowest BCUT2D eigenvalue weighted by Gasteiger charge is -2.28. The second-order valence-corrected chi connectivity index (χ2v) is 5.55. The zero-order valence-electron chi connectivity index (χ0n) is 9.99. The van der Waals surface area contributed by atoms with Gasteiger partial charge < -0.3 is 9.84 Å². The van der Waals surface area contributed by atoms with E-state index in [1.54, 1.807) is 11.8 Å². The summed E-state index contributed by atoms with van der Waals surface area (Å²) in [6, 6.07) is 0.479. The topological polar surface area (TPSA) is 58.6 Å². The molecule has 0 aliphatic heterocycles. The second kappa shape index (κ2) is 6.47. The van der Waals surface area contributed by atoms with E-state index in [9.17, 15) is 4.79 Å². The molecule has 1 fully saturated rings. The molecule has 0 spiro atoms. The van der Waals surface area contributed by atoms with Crippen molar-refractivity contribution in [2.75, 3.05) is 25.2 Å². The number of aliphatic hydroxyl groups excluding tert-OH is 1. The van der Waals surface area contributed by atoms with Crippen LogP contribution in [0, 0.1) is 0 Å². The summed E-state index contributed by atoms with van der Waals surface area (Å²) >= 11 is 1.66. The minimum atomic E-state index is -0.571. The van der Waals surface area contributed by atoms with Crippen molar-refractivity contribution in [1.82, 2.24) is 5.32 Å². The number of ether oxygens (including phenoxy) is 1. The standard InChI is InChI=1S/C11H21NO3S/c1-11(10(14)15-2,12-9-3-4-9)5-7-16-8-6-13/h9,12-13H,3-8H2,1-2H3. The van der Waals surface area contributed by atoms with Gasteiger partial charge in [-0.1, -0.05) is 0 Å². The van der Waals surface area contributed by atoms with Crippen LogP contribution in [-0.2, 0) is 9.53 Å². The highest BCUT2D eigenvalue weighted by Gasteiger charge is 2.38. The van der Waals surface area contributed by atoms with Crippen molar-refractivity contribution in [3.63, 3.8) is 0 Å². The number of rotatable bonds is 8. The number of nitrogens with one attached hydrogen (secondary N) is 1. The summed E-state index contributed by atoms with van der Waals surface area (Å²) in [5.41, 5.74) is -0.571. The van der Waals surface area contributed by atoms with Crippen LogP contribution in [0.4, 0.5) is 0 Å². The van der Waals surface area contributed by atoms with E-state index in [4.69, 9.17) is 9.84 Å². The van der Waals surface area contributed by atoms with E-state index < -0.39 is 5.54 Å². The van der Waals surface area contributed by atoms with Crippen molar-refractivity contribution >= 4 is 17.7 Å². The Balaban J connectivity index is 2.38. The fourth-order valence-corrected chi connectivity index (χ4v) is 2.47. The van der Waals surface area contributed by atoms with E-state index in [0.717, 1.165) is 30.8 Å². The Morgan fingerprint density at radius 3 is 2.75 bits per heavy atom. The van der Waals surface area contributed by atoms with E-state index in [0.29, 0.717) is 6.04 Å². The average molecular weight is 247 g/mol. The average Bonchev–Trinajstić information content (AvgIpc) is 3.07. The molecule has 1 atom stereocenters. The first-order valence-corrected chi connectivity index (χ1v) is 6.82. The molecule has 2 N–H and O–H groups in total. The number of carbonyl (C=O) groups is 1. The molecule has 1 aliphatic carbocycles. The molecule has 1 saturated carbocycles. The molecule has 0 aromatic heterocycles. The largest absolute Gasteiger partial charge is 0.468 e. The van der Waals surface area contributed by atoms with E-state index in [-0.39, 0.29) is 12.6 Å². The predicted octanol–water partition coefficient (Wildman–Crippen LogP) is 0.786. The van der Waals surface area contributed by atoms with Gasteiger partial charge in [0, 0.05) is 11.8 Å². The molecule has 0 aromatic carbocycles. The minimum Gasteiger partial charge on any atom is -0.468 e. The lowest BCUT2D eigenvalue weighted by Crippen LogP contribution is -2.51. The Hall–Kier alpha value is -0.260. The molecule has 0 radical (unpaired) electrons. The van der Waals surface area contributed by atoms with Crippen LogP contribution in [-0.4, -0.2) is 47.9 Å². The van der Waals surface area contributed by atoms with Crippen LogP contribution in [0.15, 0.2) is 0 Å². The first kappa shape index (κ1) is 13.8. The van der Waals surface area contributed by atoms with Gasteiger partial charge in [-0.2, -0.15) is 11.8 Å². The Morgan fingerprint density at radius 1 is 1.56 bits per heavy atom. The van der Waals surface area contributed by atoms with Gasteiger partial charge in [-0.3, -0.25) is 10.1 Å². The van der Waals surface area contributed by atoms with E-state index in [2.05, 4.69) is 5.32 Å². The molecule has 0 heterocycles. The maximum atomic E-state index is 11.7. The molecule has 1 unspecified atom stereocenters. The van der Waals surface area contributed by atoms with Crippen molar-refractivity contribution < 1.29 is 14.6 Å². The van der Waals surface area contributed by atoms with Crippen LogP contribution in [0.3, 0.4) is 0 Å². The molecule has 0 amide bonds. The number of methoxy groups -OCH3 is 1. The molecule has 0 saturated heterocycles. The SMILES string of the molecule is COC(=O)C(C)(CCSCCO)NC1CC1. The summed E-state index contributed by atoms with van der Waals surface area (Å²) in [6.45, 7) is 2.09. The van der Waals surface area contributed by atoms with Gasteiger partial charge in [0.05, 0.1) is 13.7 Å². The van der Waals surface area contributed by atoms with Crippen LogP contribution in [0.2, 0.25) is 0 Å². The molecule has 5 heteroatoms. The van der Waals surface area contributed by atoms with Gasteiger partial charge in [0.15, 0.2) is 0 Å². The molecular formula is C11H21NO3S. The summed E-state index contributed by atoms with van der Waals surface area (Å²) in [4.78, 5) is 11.7. The Labute approximate surface area is 101 Å². The van der Waals surface area contributed by atoms with Gasteiger partial charge in [0.25, 0.3) is 0 Å². The normalized spacial score (nSPS) is 19.2. The molecule has 0 aromatic rings. The number of thioether (sulfide) groups is 1. The fraction of sp³-hybridized carbons (Fsp3) is 0.909. The number of hydrogen-bond acceptors (Lipinski definition) is 5. The summed E-state index contributed by atoms with van der Waals surface area (Å²) in [7, 11) is 1.43. The minimum absolute atomic E-state index is 0.190. The van der Waals surface area contributed by atoms with Gasteiger partial charge >= 0.3 is 5.97 Å². The third-order valence-corrected chi connectivity index (χ3v) is 3.68. The van der Waals surface area contributed by atoms with Crippen molar-refractivity contribution in [2.24, 2.45) is 0 Å². The van der Waals surface area contributed by atoms with Gasteiger partial charge in [0.2, 0.25) is 0 Å². The summed E-state index contributed by atoms with van der Waals surface area (Å²) in [5, 5.41) is 12.0. The number of aliphatic hydroxyl groups is 1. The molecule has 1 aliphatic rings. The molecule has 1 rings (SSSR count). The smallest absolute Gasteiger partial charge is 0.325 e. The maximum Gasteiger partial charge on any atom is 0.325 e. The van der Waals surface area contributed by atoms with E-state index >= 15 is 0 Å². The van der Waals surface area contributed by atoms with Crippen molar-refractivity contribution in [3.8, 4) is 0 Å². The lowest BCUT2D eigenvalue weighted by molar-refractivity contribution is -0.148. The van der Waals surface area contributed by atoms with Gasteiger partial charge in [0.1, 0.15) is 5.54 Å². The Kier molecular flexibility index (Phi) is 5.58. The van der Waals surface area contributed by atoms with Crippen LogP contribution in [0.25, 0.3) is 0 Å². The molecular weight excluding hydrogens is 226 g/mol. The number of carbonyl (C=O) groups excluding carboxylic acids is 1. The zero-order chi connectivity index (χ0) is 12.0. The monoisotopic (exact) mass is 247 g/mol. The van der Waals surface area contributed by atoms with Gasteiger partial charge in [-0.05, 0) is 31.9 Å². The molecule has 0 bridgehead atoms. The summed E-state index contributed by atoms with van der Waals surface area (Å²) < 4.78 is 4.84. The number of esters is 1. The van der Waals surface area contributed by atoms with Crippen molar-refractivity contribution in [1.29, 1.82) is 0 Å². The van der Waals surface area contributed by atoms with Crippen LogP contribution >= 0.6 is 11.8 Å². The number of hydrogen-bond donors (Lipinski definition) is 2. The third kappa shape index (κ3) is 4.31. The third-order valence-electron chi connectivity index (χ3n) is 2.72. The van der Waals surface area contributed by atoms with Crippen LogP contribution < -0.4 is 5.32 Å². The van der Waals surface area contributed by atoms with E-state index in [1.807, 2.05) is 6.92 Å². The second-order valence-electron chi connectivity index (χ2n) is 4.33. The Morgan fingerprint density at radius 2 is 2.25 bits per heavy atom. The van der Waals surface area contributed by atoms with Crippen molar-refractivity contribution in [2.45, 2.75) is 37.8 Å². The quantitative estimate of drug-likeness (QED) is 0.490. The maximum absolute atomic E-state index is 11.7. The summed E-state index contributed by atoms with van der Waals surface area (Å²) in [5.74, 6) is 1.39. The highest BCUT2D eigenvalue weighted by atomic mass is 32.2. The van der Waals surface area contributed by atoms with Crippen molar-refractivity contribution in [3.05, 3.63) is 0 Å². The predicted molar refractivity (Wildman–Crippen MR) is 65.6 cm³/mol. The molecule has 16 heavy (non-hydrogen) atoms. The van der Waals surface area contributed by atoms with Crippen LogP contribution in [0.5, 0.6) is 0 Å². The first-order chi connectivity index (χ1) is 7.62. The Bertz CT molecular complexity index is 233. The highest BCUT2D eigenvalue weighted by Crippen LogP contribution is 2.25. The van der Waals surface area contributed by atoms with Gasteiger partial charge in [-0.15, -0.1) is 0 Å². The van der Waals surface area contributed by atoms with Crippen LogP contribution in [0.1, 0.15) is 26.2 Å². The first-order valence-electron chi connectivity index (χ1n) is 5.67. The highest BCUT2D eigenvalue weighted by molar-refractivity contribution is 7.99. The molecule has 4 nitrogen and oxygen atoms in total. The summed E-state index contributed by atoms with van der Waals surface area (Å²) in [6.07, 6.45) is 3.04. The fourth-order valence-electron chi connectivity index (χ4n) is 1.58. The zero-order valence-corrected chi connectivity index (χ0v) is 10.8. The van der Waals surface area contributed by atoms with Gasteiger partial charge in [-0.25, -0.2) is 0 Å².